The summed E-state index contributed by atoms with van der Waals surface area (Å²) in [5, 5.41) is 8.47. The van der Waals surface area contributed by atoms with E-state index in [4.69, 9.17) is 5.11 Å². The van der Waals surface area contributed by atoms with Gasteiger partial charge in [-0.3, -0.25) is 9.59 Å². The minimum atomic E-state index is -0.985. The number of carbonyl (C=O) groups is 2. The number of hydrogen-bond donors (Lipinski definition) is 1. The quantitative estimate of drug-likeness (QED) is 0.545. The summed E-state index contributed by atoms with van der Waals surface area (Å²) in [6, 6.07) is 0. The van der Waals surface area contributed by atoms with Gasteiger partial charge < -0.3 is 5.11 Å². The van der Waals surface area contributed by atoms with Crippen molar-refractivity contribution in [2.45, 2.75) is 19.3 Å². The lowest BCUT2D eigenvalue weighted by molar-refractivity contribution is -0.146. The van der Waals surface area contributed by atoms with Gasteiger partial charge in [0.2, 0.25) is 0 Å². The topological polar surface area (TPSA) is 54.4 Å². The Morgan fingerprint density at radius 2 is 2.40 bits per heavy atom. The summed E-state index contributed by atoms with van der Waals surface area (Å²) in [7, 11) is 0. The van der Waals surface area contributed by atoms with Crippen LogP contribution in [0, 0.1) is 12.3 Å². The molecule has 3 nitrogen and oxygen atoms in total. The Labute approximate surface area is 59.0 Å². The molecule has 1 unspecified atom stereocenters. The van der Waals surface area contributed by atoms with E-state index in [9.17, 15) is 9.59 Å². The van der Waals surface area contributed by atoms with E-state index in [0.717, 1.165) is 12.8 Å². The van der Waals surface area contributed by atoms with Gasteiger partial charge in [-0.15, -0.1) is 0 Å². The monoisotopic (exact) mass is 141 g/mol. The molecule has 1 saturated carbocycles. The fourth-order valence-electron chi connectivity index (χ4n) is 1.10. The third-order valence-electron chi connectivity index (χ3n) is 1.68. The van der Waals surface area contributed by atoms with Crippen molar-refractivity contribution in [3.05, 3.63) is 6.42 Å². The highest BCUT2D eigenvalue weighted by Crippen LogP contribution is 2.19. The number of carboxylic acids is 1. The van der Waals surface area contributed by atoms with Crippen molar-refractivity contribution >= 4 is 11.8 Å². The predicted molar refractivity (Wildman–Crippen MR) is 34.3 cm³/mol. The van der Waals surface area contributed by atoms with Crippen LogP contribution in [0.4, 0.5) is 0 Å². The van der Waals surface area contributed by atoms with Gasteiger partial charge in [-0.25, -0.2) is 0 Å². The van der Waals surface area contributed by atoms with Gasteiger partial charge in [0.05, 0.1) is 0 Å². The maximum Gasteiger partial charge on any atom is 0.314 e. The molecule has 1 N–H and O–H groups in total. The molecule has 0 aromatic carbocycles. The van der Waals surface area contributed by atoms with Crippen molar-refractivity contribution in [2.75, 3.05) is 0 Å². The zero-order valence-electron chi connectivity index (χ0n) is 5.54. The zero-order valence-corrected chi connectivity index (χ0v) is 5.54. The summed E-state index contributed by atoms with van der Waals surface area (Å²) in [6.45, 7) is 0. The van der Waals surface area contributed by atoms with E-state index < -0.39 is 11.9 Å². The van der Waals surface area contributed by atoms with Crippen LogP contribution < -0.4 is 0 Å². The van der Waals surface area contributed by atoms with E-state index in [2.05, 4.69) is 0 Å². The van der Waals surface area contributed by atoms with Crippen molar-refractivity contribution in [3.63, 3.8) is 0 Å². The molecule has 55 valence electrons. The third kappa shape index (κ3) is 1.35. The first-order valence-corrected chi connectivity index (χ1v) is 3.31. The van der Waals surface area contributed by atoms with E-state index in [1.165, 1.54) is 6.42 Å². The van der Waals surface area contributed by atoms with E-state index in [1.807, 2.05) is 0 Å². The molecule has 0 aromatic heterocycles. The minimum absolute atomic E-state index is 0.223. The number of Topliss-reactive ketones (excluding diaryl/α,β-unsaturated/α-hetero) is 1. The van der Waals surface area contributed by atoms with Gasteiger partial charge in [0.15, 0.2) is 5.78 Å². The summed E-state index contributed by atoms with van der Waals surface area (Å²) < 4.78 is 0. The van der Waals surface area contributed by atoms with Crippen LogP contribution >= 0.6 is 0 Å². The van der Waals surface area contributed by atoms with Crippen LogP contribution in [0.25, 0.3) is 0 Å². The second-order valence-corrected chi connectivity index (χ2v) is 2.43. The molecule has 1 radical (unpaired) electrons. The number of carboxylic acid groups (broad SMARTS) is 1. The van der Waals surface area contributed by atoms with Crippen molar-refractivity contribution < 1.29 is 14.7 Å². The molecular weight excluding hydrogens is 132 g/mol. The molecule has 0 amide bonds. The molecule has 1 fully saturated rings. The van der Waals surface area contributed by atoms with Crippen molar-refractivity contribution in [1.29, 1.82) is 0 Å². The van der Waals surface area contributed by atoms with Gasteiger partial charge in [-0.1, -0.05) is 6.42 Å². The van der Waals surface area contributed by atoms with Crippen molar-refractivity contribution in [3.8, 4) is 0 Å². The first-order chi connectivity index (χ1) is 4.72. The van der Waals surface area contributed by atoms with Gasteiger partial charge in [0.1, 0.15) is 5.92 Å². The van der Waals surface area contributed by atoms with Gasteiger partial charge >= 0.3 is 5.97 Å². The highest BCUT2D eigenvalue weighted by molar-refractivity contribution is 6.03. The molecule has 1 atom stereocenters. The normalized spacial score (nSPS) is 26.4. The van der Waals surface area contributed by atoms with Crippen LogP contribution in [-0.2, 0) is 9.59 Å². The molecule has 10 heavy (non-hydrogen) atoms. The molecule has 1 aliphatic rings. The molecule has 0 aromatic rings. The Kier molecular flexibility index (Phi) is 2.04. The maximum absolute atomic E-state index is 10.8. The fourth-order valence-corrected chi connectivity index (χ4v) is 1.10. The summed E-state index contributed by atoms with van der Waals surface area (Å²) in [5.41, 5.74) is 0. The molecule has 0 heterocycles. The molecule has 1 rings (SSSR count). The highest BCUT2D eigenvalue weighted by atomic mass is 16.4. The van der Waals surface area contributed by atoms with Crippen LogP contribution in [0.2, 0.25) is 0 Å². The van der Waals surface area contributed by atoms with E-state index >= 15 is 0 Å². The average molecular weight is 141 g/mol. The predicted octanol–water partition coefficient (Wildman–Crippen LogP) is 0.644. The largest absolute Gasteiger partial charge is 0.481 e. The Morgan fingerprint density at radius 1 is 1.70 bits per heavy atom. The molecule has 3 heteroatoms. The number of carbonyl (C=O) groups excluding carboxylic acids is 1. The second-order valence-electron chi connectivity index (χ2n) is 2.43. The summed E-state index contributed by atoms with van der Waals surface area (Å²) >= 11 is 0. The number of rotatable bonds is 1. The molecule has 0 saturated heterocycles. The van der Waals surface area contributed by atoms with Crippen molar-refractivity contribution in [1.82, 2.24) is 0 Å². The average Bonchev–Trinajstić information content (AvgIpc) is 1.88. The smallest absolute Gasteiger partial charge is 0.314 e. The Morgan fingerprint density at radius 3 is 2.80 bits per heavy atom. The van der Waals surface area contributed by atoms with E-state index in [1.54, 1.807) is 0 Å². The fraction of sp³-hybridized carbons (Fsp3) is 0.571. The third-order valence-corrected chi connectivity index (χ3v) is 1.68. The summed E-state index contributed by atoms with van der Waals surface area (Å²) in [6.07, 6.45) is 3.54. The van der Waals surface area contributed by atoms with Gasteiger partial charge in [0, 0.05) is 6.42 Å². The summed E-state index contributed by atoms with van der Waals surface area (Å²) in [5.74, 6) is -1.96. The Hall–Kier alpha value is -0.860. The minimum Gasteiger partial charge on any atom is -0.481 e. The van der Waals surface area contributed by atoms with Gasteiger partial charge in [0.25, 0.3) is 0 Å². The lowest BCUT2D eigenvalue weighted by Crippen LogP contribution is -2.27. The number of ketones is 1. The Bertz CT molecular complexity index is 162. The van der Waals surface area contributed by atoms with Gasteiger partial charge in [-0.05, 0) is 12.8 Å². The first kappa shape index (κ1) is 7.25. The molecular formula is C7H9O3. The van der Waals surface area contributed by atoms with Crippen LogP contribution in [0.1, 0.15) is 19.3 Å². The van der Waals surface area contributed by atoms with Crippen LogP contribution in [-0.4, -0.2) is 16.9 Å². The van der Waals surface area contributed by atoms with Crippen LogP contribution in [0.15, 0.2) is 0 Å². The lowest BCUT2D eigenvalue weighted by Gasteiger charge is -2.14. The van der Waals surface area contributed by atoms with E-state index in [-0.39, 0.29) is 5.78 Å². The maximum atomic E-state index is 10.8. The van der Waals surface area contributed by atoms with Crippen LogP contribution in [0.3, 0.4) is 0 Å². The molecule has 0 bridgehead atoms. The zero-order chi connectivity index (χ0) is 7.56. The van der Waals surface area contributed by atoms with E-state index in [0.29, 0.717) is 6.42 Å². The molecule has 0 spiro atoms. The molecule has 0 aliphatic heterocycles. The van der Waals surface area contributed by atoms with Crippen LogP contribution in [0.5, 0.6) is 0 Å². The van der Waals surface area contributed by atoms with Crippen molar-refractivity contribution in [2.24, 2.45) is 5.92 Å². The number of hydrogen-bond acceptors (Lipinski definition) is 2. The highest BCUT2D eigenvalue weighted by Gasteiger charge is 2.28. The summed E-state index contributed by atoms with van der Waals surface area (Å²) in [4.78, 5) is 21.1. The number of aliphatic carboxylic acids is 1. The SMILES string of the molecule is O=C(O)C1CCC[CH]C1=O. The second kappa shape index (κ2) is 2.82. The van der Waals surface area contributed by atoms with Gasteiger partial charge in [-0.2, -0.15) is 0 Å². The molecule has 1 aliphatic carbocycles. The first-order valence-electron chi connectivity index (χ1n) is 3.31. The lowest BCUT2D eigenvalue weighted by atomic mass is 9.88. The standard InChI is InChI=1S/C7H9O3/c8-6-4-2-1-3-5(6)7(9)10/h4-5H,1-3H2,(H,9,10). The Balaban J connectivity index is 2.56.